The lowest BCUT2D eigenvalue weighted by atomic mass is 10.0. The second-order valence-corrected chi connectivity index (χ2v) is 4.65. The van der Waals surface area contributed by atoms with Crippen LogP contribution in [0.4, 0.5) is 0 Å². The fraction of sp³-hybridized carbons (Fsp3) is 0.235. The predicted molar refractivity (Wildman–Crippen MR) is 80.3 cm³/mol. The SMILES string of the molecule is COc1ccccc1/C(C)=C/c1c(C)ccnc1C. The van der Waals surface area contributed by atoms with Gasteiger partial charge in [-0.1, -0.05) is 18.2 Å². The van der Waals surface area contributed by atoms with Gasteiger partial charge in [-0.2, -0.15) is 0 Å². The van der Waals surface area contributed by atoms with E-state index in [0.717, 1.165) is 17.0 Å². The number of methoxy groups -OCH3 is 1. The van der Waals surface area contributed by atoms with Gasteiger partial charge in [0.05, 0.1) is 7.11 Å². The summed E-state index contributed by atoms with van der Waals surface area (Å²) in [5.41, 5.74) is 5.77. The number of nitrogens with zero attached hydrogens (tertiary/aromatic N) is 1. The Balaban J connectivity index is 2.49. The van der Waals surface area contributed by atoms with Crippen LogP contribution in [0.25, 0.3) is 11.6 Å². The van der Waals surface area contributed by atoms with Crippen molar-refractivity contribution in [1.29, 1.82) is 0 Å². The lowest BCUT2D eigenvalue weighted by molar-refractivity contribution is 0.413. The van der Waals surface area contributed by atoms with Gasteiger partial charge in [0, 0.05) is 17.5 Å². The molecular formula is C17H19NO. The Morgan fingerprint density at radius 3 is 2.58 bits per heavy atom. The first kappa shape index (κ1) is 13.3. The van der Waals surface area contributed by atoms with E-state index in [9.17, 15) is 0 Å². The largest absolute Gasteiger partial charge is 0.496 e. The van der Waals surface area contributed by atoms with Crippen LogP contribution in [-0.2, 0) is 0 Å². The van der Waals surface area contributed by atoms with Gasteiger partial charge in [-0.15, -0.1) is 0 Å². The number of pyridine rings is 1. The summed E-state index contributed by atoms with van der Waals surface area (Å²) in [6.07, 6.45) is 4.02. The number of allylic oxidation sites excluding steroid dienone is 1. The lowest BCUT2D eigenvalue weighted by Crippen LogP contribution is -1.92. The molecule has 0 fully saturated rings. The number of para-hydroxylation sites is 1. The topological polar surface area (TPSA) is 22.1 Å². The van der Waals surface area contributed by atoms with Crippen LogP contribution >= 0.6 is 0 Å². The van der Waals surface area contributed by atoms with Gasteiger partial charge in [0.15, 0.2) is 0 Å². The number of aryl methyl sites for hydroxylation is 2. The molecule has 0 unspecified atom stereocenters. The molecule has 2 rings (SSSR count). The molecule has 0 saturated carbocycles. The quantitative estimate of drug-likeness (QED) is 0.815. The van der Waals surface area contributed by atoms with E-state index in [1.807, 2.05) is 37.4 Å². The monoisotopic (exact) mass is 253 g/mol. The fourth-order valence-electron chi connectivity index (χ4n) is 2.19. The van der Waals surface area contributed by atoms with Gasteiger partial charge in [-0.25, -0.2) is 0 Å². The molecule has 2 heteroatoms. The number of ether oxygens (including phenoxy) is 1. The molecule has 0 spiro atoms. The summed E-state index contributed by atoms with van der Waals surface area (Å²) in [4.78, 5) is 4.35. The molecule has 2 nitrogen and oxygen atoms in total. The summed E-state index contributed by atoms with van der Waals surface area (Å²) in [5, 5.41) is 0. The normalized spacial score (nSPS) is 11.5. The average Bonchev–Trinajstić information content (AvgIpc) is 2.42. The highest BCUT2D eigenvalue weighted by Gasteiger charge is 2.06. The molecule has 98 valence electrons. The van der Waals surface area contributed by atoms with E-state index >= 15 is 0 Å². The van der Waals surface area contributed by atoms with E-state index in [1.165, 1.54) is 16.7 Å². The first-order valence-electron chi connectivity index (χ1n) is 6.37. The van der Waals surface area contributed by atoms with Crippen LogP contribution in [0.2, 0.25) is 0 Å². The number of benzene rings is 1. The second-order valence-electron chi connectivity index (χ2n) is 4.65. The molecule has 0 bridgehead atoms. The summed E-state index contributed by atoms with van der Waals surface area (Å²) >= 11 is 0. The molecule has 0 atom stereocenters. The van der Waals surface area contributed by atoms with E-state index in [0.29, 0.717) is 0 Å². The van der Waals surface area contributed by atoms with Crippen LogP contribution in [0, 0.1) is 13.8 Å². The van der Waals surface area contributed by atoms with E-state index in [-0.39, 0.29) is 0 Å². The minimum absolute atomic E-state index is 0.899. The van der Waals surface area contributed by atoms with Crippen LogP contribution in [0.3, 0.4) is 0 Å². The van der Waals surface area contributed by atoms with Crippen molar-refractivity contribution in [2.75, 3.05) is 7.11 Å². The third-order valence-electron chi connectivity index (χ3n) is 3.30. The molecule has 0 saturated heterocycles. The van der Waals surface area contributed by atoms with Crippen molar-refractivity contribution in [3.63, 3.8) is 0 Å². The maximum atomic E-state index is 5.41. The second kappa shape index (κ2) is 5.70. The van der Waals surface area contributed by atoms with Crippen molar-refractivity contribution in [1.82, 2.24) is 4.98 Å². The Morgan fingerprint density at radius 1 is 1.16 bits per heavy atom. The Morgan fingerprint density at radius 2 is 1.89 bits per heavy atom. The summed E-state index contributed by atoms with van der Waals surface area (Å²) in [5.74, 6) is 0.899. The van der Waals surface area contributed by atoms with Crippen molar-refractivity contribution < 1.29 is 4.74 Å². The van der Waals surface area contributed by atoms with Crippen LogP contribution < -0.4 is 4.74 Å². The summed E-state index contributed by atoms with van der Waals surface area (Å²) in [6.45, 7) is 6.24. The number of hydrogen-bond acceptors (Lipinski definition) is 2. The van der Waals surface area contributed by atoms with Gasteiger partial charge in [0.1, 0.15) is 5.75 Å². The minimum atomic E-state index is 0.899. The van der Waals surface area contributed by atoms with Crippen molar-refractivity contribution in [3.05, 3.63) is 58.9 Å². The Labute approximate surface area is 114 Å². The van der Waals surface area contributed by atoms with Crippen molar-refractivity contribution in [2.24, 2.45) is 0 Å². The molecule has 0 amide bonds. The first-order chi connectivity index (χ1) is 9.13. The number of rotatable bonds is 3. The van der Waals surface area contributed by atoms with Gasteiger partial charge in [0.25, 0.3) is 0 Å². The first-order valence-corrected chi connectivity index (χ1v) is 6.37. The minimum Gasteiger partial charge on any atom is -0.496 e. The smallest absolute Gasteiger partial charge is 0.126 e. The van der Waals surface area contributed by atoms with Gasteiger partial charge in [-0.3, -0.25) is 4.98 Å². The summed E-state index contributed by atoms with van der Waals surface area (Å²) < 4.78 is 5.41. The molecule has 19 heavy (non-hydrogen) atoms. The van der Waals surface area contributed by atoms with E-state index < -0.39 is 0 Å². The molecule has 0 aliphatic heterocycles. The fourth-order valence-corrected chi connectivity index (χ4v) is 2.19. The molecule has 0 N–H and O–H groups in total. The van der Waals surface area contributed by atoms with Gasteiger partial charge in [-0.05, 0) is 55.7 Å². The Bertz CT molecular complexity index is 594. The lowest BCUT2D eigenvalue weighted by Gasteiger charge is -2.10. The zero-order chi connectivity index (χ0) is 13.8. The van der Waals surface area contributed by atoms with Crippen molar-refractivity contribution in [2.45, 2.75) is 20.8 Å². The maximum absolute atomic E-state index is 5.41. The van der Waals surface area contributed by atoms with Gasteiger partial charge >= 0.3 is 0 Å². The predicted octanol–water partition coefficient (Wildman–Crippen LogP) is 4.27. The van der Waals surface area contributed by atoms with Gasteiger partial charge < -0.3 is 4.74 Å². The maximum Gasteiger partial charge on any atom is 0.126 e. The van der Waals surface area contributed by atoms with E-state index in [1.54, 1.807) is 7.11 Å². The van der Waals surface area contributed by atoms with Crippen molar-refractivity contribution in [3.8, 4) is 5.75 Å². The molecule has 1 aromatic carbocycles. The highest BCUT2D eigenvalue weighted by atomic mass is 16.5. The highest BCUT2D eigenvalue weighted by molar-refractivity contribution is 5.83. The Hall–Kier alpha value is -2.09. The van der Waals surface area contributed by atoms with E-state index in [2.05, 4.69) is 31.0 Å². The molecule has 1 heterocycles. The molecule has 0 radical (unpaired) electrons. The van der Waals surface area contributed by atoms with E-state index in [4.69, 9.17) is 4.74 Å². The van der Waals surface area contributed by atoms with Crippen LogP contribution in [-0.4, -0.2) is 12.1 Å². The molecular weight excluding hydrogens is 234 g/mol. The standard InChI is InChI=1S/C17H19NO/c1-12-9-10-18-14(3)16(12)11-13(2)15-7-5-6-8-17(15)19-4/h5-11H,1-4H3/b13-11+. The molecule has 1 aromatic heterocycles. The summed E-state index contributed by atoms with van der Waals surface area (Å²) in [6, 6.07) is 10.1. The van der Waals surface area contributed by atoms with Crippen LogP contribution in [0.15, 0.2) is 36.5 Å². The molecule has 2 aromatic rings. The van der Waals surface area contributed by atoms with Gasteiger partial charge in [0.2, 0.25) is 0 Å². The third kappa shape index (κ3) is 2.84. The highest BCUT2D eigenvalue weighted by Crippen LogP contribution is 2.28. The zero-order valence-corrected chi connectivity index (χ0v) is 11.9. The number of aromatic nitrogens is 1. The van der Waals surface area contributed by atoms with Crippen LogP contribution in [0.5, 0.6) is 5.75 Å². The average molecular weight is 253 g/mol. The molecule has 0 aliphatic carbocycles. The van der Waals surface area contributed by atoms with Crippen molar-refractivity contribution >= 4 is 11.6 Å². The van der Waals surface area contributed by atoms with Crippen LogP contribution in [0.1, 0.15) is 29.3 Å². The number of hydrogen-bond donors (Lipinski definition) is 0. The zero-order valence-electron chi connectivity index (χ0n) is 11.9. The Kier molecular flexibility index (Phi) is 4.00. The third-order valence-corrected chi connectivity index (χ3v) is 3.30. The summed E-state index contributed by atoms with van der Waals surface area (Å²) in [7, 11) is 1.70. The molecule has 0 aliphatic rings.